The lowest BCUT2D eigenvalue weighted by Crippen LogP contribution is -2.25. The molecule has 0 aliphatic rings. The minimum absolute atomic E-state index is 0.0142. The monoisotopic (exact) mass is 288 g/mol. The van der Waals surface area contributed by atoms with E-state index in [1.807, 2.05) is 19.3 Å². The number of carbonyl (C=O) groups is 1. The van der Waals surface area contributed by atoms with Crippen LogP contribution in [0.15, 0.2) is 24.5 Å². The summed E-state index contributed by atoms with van der Waals surface area (Å²) in [4.78, 5) is 15.5. The summed E-state index contributed by atoms with van der Waals surface area (Å²) in [5.74, 6) is 5.70. The van der Waals surface area contributed by atoms with Crippen molar-refractivity contribution in [3.8, 4) is 11.8 Å². The highest BCUT2D eigenvalue weighted by molar-refractivity contribution is 7.14. The number of hydrogen-bond donors (Lipinski definition) is 1. The SMILES string of the molecule is CN(Cc1cnn(C)c1)C(=O)c1ccc(C#CCN)s1. The van der Waals surface area contributed by atoms with E-state index in [-0.39, 0.29) is 5.91 Å². The van der Waals surface area contributed by atoms with E-state index in [1.165, 1.54) is 11.3 Å². The molecule has 0 spiro atoms. The Kier molecular flexibility index (Phi) is 4.56. The van der Waals surface area contributed by atoms with E-state index in [4.69, 9.17) is 5.73 Å². The Morgan fingerprint density at radius 2 is 2.35 bits per heavy atom. The number of aryl methyl sites for hydroxylation is 1. The van der Waals surface area contributed by atoms with Crippen LogP contribution in [0, 0.1) is 11.8 Å². The van der Waals surface area contributed by atoms with Gasteiger partial charge in [-0.15, -0.1) is 11.3 Å². The molecule has 0 aromatic carbocycles. The number of rotatable bonds is 3. The first-order chi connectivity index (χ1) is 9.60. The van der Waals surface area contributed by atoms with Gasteiger partial charge in [-0.1, -0.05) is 11.8 Å². The molecule has 6 heteroatoms. The fraction of sp³-hybridized carbons (Fsp3) is 0.286. The van der Waals surface area contributed by atoms with E-state index >= 15 is 0 Å². The summed E-state index contributed by atoms with van der Waals surface area (Å²) in [6.45, 7) is 0.858. The van der Waals surface area contributed by atoms with Crippen molar-refractivity contribution in [2.24, 2.45) is 12.8 Å². The van der Waals surface area contributed by atoms with Gasteiger partial charge in [0.1, 0.15) is 0 Å². The Morgan fingerprint density at radius 3 is 3.00 bits per heavy atom. The third kappa shape index (κ3) is 3.47. The second-order valence-electron chi connectivity index (χ2n) is 4.35. The molecule has 5 nitrogen and oxygen atoms in total. The zero-order chi connectivity index (χ0) is 14.5. The summed E-state index contributed by atoms with van der Waals surface area (Å²) < 4.78 is 1.72. The Labute approximate surface area is 122 Å². The maximum Gasteiger partial charge on any atom is 0.264 e. The van der Waals surface area contributed by atoms with Crippen molar-refractivity contribution in [2.45, 2.75) is 6.54 Å². The average Bonchev–Trinajstić information content (AvgIpc) is 3.04. The van der Waals surface area contributed by atoms with Crippen molar-refractivity contribution < 1.29 is 4.79 Å². The standard InChI is InChI=1S/C14H16N4OS/c1-17(9-11-8-16-18(2)10-11)14(19)13-6-5-12(20-13)4-3-7-15/h5-6,8,10H,7,9,15H2,1-2H3. The smallest absolute Gasteiger partial charge is 0.264 e. The molecule has 2 N–H and O–H groups in total. The number of hydrogen-bond acceptors (Lipinski definition) is 4. The molecule has 2 aromatic heterocycles. The van der Waals surface area contributed by atoms with Crippen LogP contribution in [-0.4, -0.2) is 34.2 Å². The fourth-order valence-corrected chi connectivity index (χ4v) is 2.62. The first-order valence-electron chi connectivity index (χ1n) is 6.12. The Balaban J connectivity index is 2.04. The van der Waals surface area contributed by atoms with Gasteiger partial charge < -0.3 is 10.6 Å². The Morgan fingerprint density at radius 1 is 1.55 bits per heavy atom. The quantitative estimate of drug-likeness (QED) is 0.859. The van der Waals surface area contributed by atoms with Gasteiger partial charge in [-0.3, -0.25) is 9.48 Å². The molecule has 0 radical (unpaired) electrons. The van der Waals surface area contributed by atoms with Crippen LogP contribution in [0.3, 0.4) is 0 Å². The molecule has 2 rings (SSSR count). The lowest BCUT2D eigenvalue weighted by Gasteiger charge is -2.14. The van der Waals surface area contributed by atoms with E-state index in [0.717, 1.165) is 10.4 Å². The molecule has 0 saturated heterocycles. The molecule has 0 aliphatic carbocycles. The minimum atomic E-state index is -0.0142. The third-order valence-electron chi connectivity index (χ3n) is 2.66. The Bertz CT molecular complexity index is 662. The number of thiophene rings is 1. The average molecular weight is 288 g/mol. The molecule has 0 fully saturated rings. The van der Waals surface area contributed by atoms with Gasteiger partial charge in [0, 0.05) is 32.4 Å². The van der Waals surface area contributed by atoms with Crippen LogP contribution in [0.1, 0.15) is 20.1 Å². The molecule has 104 valence electrons. The van der Waals surface area contributed by atoms with Gasteiger partial charge in [0.15, 0.2) is 0 Å². The van der Waals surface area contributed by atoms with E-state index in [1.54, 1.807) is 28.9 Å². The minimum Gasteiger partial charge on any atom is -0.337 e. The van der Waals surface area contributed by atoms with E-state index in [0.29, 0.717) is 18.0 Å². The summed E-state index contributed by atoms with van der Waals surface area (Å²) in [7, 11) is 3.63. The lowest BCUT2D eigenvalue weighted by atomic mass is 10.3. The second-order valence-corrected chi connectivity index (χ2v) is 5.44. The van der Waals surface area contributed by atoms with Gasteiger partial charge in [-0.25, -0.2) is 0 Å². The number of nitrogens with two attached hydrogens (primary N) is 1. The second kappa shape index (κ2) is 6.37. The van der Waals surface area contributed by atoms with Crippen LogP contribution in [0.2, 0.25) is 0 Å². The van der Waals surface area contributed by atoms with Crippen LogP contribution >= 0.6 is 11.3 Å². The van der Waals surface area contributed by atoms with Crippen molar-refractivity contribution in [3.63, 3.8) is 0 Å². The largest absolute Gasteiger partial charge is 0.337 e. The summed E-state index contributed by atoms with van der Waals surface area (Å²) in [6, 6.07) is 3.64. The van der Waals surface area contributed by atoms with Crippen molar-refractivity contribution >= 4 is 17.2 Å². The zero-order valence-corrected chi connectivity index (χ0v) is 12.3. The van der Waals surface area contributed by atoms with Gasteiger partial charge in [0.25, 0.3) is 5.91 Å². The maximum absolute atomic E-state index is 12.3. The molecule has 0 atom stereocenters. The predicted octanol–water partition coefficient (Wildman–Crippen LogP) is 1.06. The molecule has 0 bridgehead atoms. The number of carbonyl (C=O) groups excluding carboxylic acids is 1. The molecule has 1 amide bonds. The maximum atomic E-state index is 12.3. The van der Waals surface area contributed by atoms with Crippen LogP contribution in [0.4, 0.5) is 0 Å². The van der Waals surface area contributed by atoms with Crippen molar-refractivity contribution in [1.29, 1.82) is 0 Å². The highest BCUT2D eigenvalue weighted by Crippen LogP contribution is 2.18. The van der Waals surface area contributed by atoms with Gasteiger partial charge in [0.2, 0.25) is 0 Å². The molecule has 0 saturated carbocycles. The lowest BCUT2D eigenvalue weighted by molar-refractivity contribution is 0.0790. The van der Waals surface area contributed by atoms with Crippen LogP contribution in [-0.2, 0) is 13.6 Å². The van der Waals surface area contributed by atoms with Crippen molar-refractivity contribution in [2.75, 3.05) is 13.6 Å². The number of amides is 1. The molecular formula is C14H16N4OS. The summed E-state index contributed by atoms with van der Waals surface area (Å²) in [5.41, 5.74) is 6.33. The summed E-state index contributed by atoms with van der Waals surface area (Å²) >= 11 is 1.38. The molecule has 2 aromatic rings. The highest BCUT2D eigenvalue weighted by Gasteiger charge is 2.14. The highest BCUT2D eigenvalue weighted by atomic mass is 32.1. The van der Waals surface area contributed by atoms with Gasteiger partial charge in [-0.05, 0) is 12.1 Å². The van der Waals surface area contributed by atoms with Crippen LogP contribution < -0.4 is 5.73 Å². The predicted molar refractivity (Wildman–Crippen MR) is 79.3 cm³/mol. The van der Waals surface area contributed by atoms with Gasteiger partial charge in [0.05, 0.1) is 22.5 Å². The third-order valence-corrected chi connectivity index (χ3v) is 3.64. The van der Waals surface area contributed by atoms with Crippen molar-refractivity contribution in [3.05, 3.63) is 39.8 Å². The first-order valence-corrected chi connectivity index (χ1v) is 6.93. The van der Waals surface area contributed by atoms with E-state index in [9.17, 15) is 4.79 Å². The zero-order valence-electron chi connectivity index (χ0n) is 11.5. The van der Waals surface area contributed by atoms with Crippen molar-refractivity contribution in [1.82, 2.24) is 14.7 Å². The molecule has 0 aliphatic heterocycles. The molecule has 20 heavy (non-hydrogen) atoms. The number of aromatic nitrogens is 2. The topological polar surface area (TPSA) is 64.2 Å². The molecule has 0 unspecified atom stereocenters. The Hall–Kier alpha value is -2.10. The molecular weight excluding hydrogens is 272 g/mol. The molecule has 2 heterocycles. The van der Waals surface area contributed by atoms with Gasteiger partial charge >= 0.3 is 0 Å². The summed E-state index contributed by atoms with van der Waals surface area (Å²) in [5, 5.41) is 4.09. The normalized spacial score (nSPS) is 9.95. The van der Waals surface area contributed by atoms with Crippen LogP contribution in [0.25, 0.3) is 0 Å². The number of nitrogens with zero attached hydrogens (tertiary/aromatic N) is 3. The fourth-order valence-electron chi connectivity index (χ4n) is 1.75. The van der Waals surface area contributed by atoms with E-state index in [2.05, 4.69) is 16.9 Å². The van der Waals surface area contributed by atoms with Crippen LogP contribution in [0.5, 0.6) is 0 Å². The first kappa shape index (κ1) is 14.3. The van der Waals surface area contributed by atoms with Gasteiger partial charge in [-0.2, -0.15) is 5.10 Å². The van der Waals surface area contributed by atoms with E-state index < -0.39 is 0 Å². The summed E-state index contributed by atoms with van der Waals surface area (Å²) in [6.07, 6.45) is 3.66.